The molecule has 5 rings (SSSR count). The smallest absolute Gasteiger partial charge is 0.255 e. The summed E-state index contributed by atoms with van der Waals surface area (Å²) in [5.41, 5.74) is 1.75. The molecule has 0 N–H and O–H groups in total. The molecule has 8 heteroatoms. The van der Waals surface area contributed by atoms with Gasteiger partial charge >= 0.3 is 0 Å². The van der Waals surface area contributed by atoms with Crippen LogP contribution >= 0.6 is 0 Å². The Morgan fingerprint density at radius 3 is 2.55 bits per heavy atom. The van der Waals surface area contributed by atoms with E-state index in [1.54, 1.807) is 12.5 Å². The number of pyridine rings is 1. The number of piperazine rings is 1. The highest BCUT2D eigenvalue weighted by Crippen LogP contribution is 2.19. The van der Waals surface area contributed by atoms with Crippen LogP contribution in [0.4, 0.5) is 5.82 Å². The van der Waals surface area contributed by atoms with Crippen molar-refractivity contribution in [1.29, 1.82) is 0 Å². The van der Waals surface area contributed by atoms with Gasteiger partial charge in [0.2, 0.25) is 0 Å². The minimum absolute atomic E-state index is 0.0748. The van der Waals surface area contributed by atoms with E-state index < -0.39 is 0 Å². The monoisotopic (exact) mass is 387 g/mol. The van der Waals surface area contributed by atoms with E-state index >= 15 is 0 Å². The average Bonchev–Trinajstić information content (AvgIpc) is 3.39. The molecular weight excluding hydrogens is 366 g/mol. The second-order valence-corrected chi connectivity index (χ2v) is 7.12. The van der Waals surface area contributed by atoms with Crippen molar-refractivity contribution in [3.05, 3.63) is 72.8 Å². The van der Waals surface area contributed by atoms with Crippen LogP contribution in [0.15, 0.2) is 61.4 Å². The molecule has 146 valence electrons. The summed E-state index contributed by atoms with van der Waals surface area (Å²) in [7, 11) is 0. The van der Waals surface area contributed by atoms with Gasteiger partial charge in [-0.1, -0.05) is 6.07 Å². The van der Waals surface area contributed by atoms with Gasteiger partial charge in [0.05, 0.1) is 5.56 Å². The SMILES string of the molecule is Cc1nccn1-c1cc(N2CCN(C(=O)c3cc4ccccn4c3)CC2)ncn1. The summed E-state index contributed by atoms with van der Waals surface area (Å²) in [5.74, 6) is 2.62. The predicted octanol–water partition coefficient (Wildman–Crippen LogP) is 2.19. The molecule has 1 fully saturated rings. The third-order valence-corrected chi connectivity index (χ3v) is 5.35. The van der Waals surface area contributed by atoms with Crippen molar-refractivity contribution in [2.45, 2.75) is 6.92 Å². The van der Waals surface area contributed by atoms with E-state index in [4.69, 9.17) is 0 Å². The second kappa shape index (κ2) is 7.05. The quantitative estimate of drug-likeness (QED) is 0.539. The van der Waals surface area contributed by atoms with E-state index in [2.05, 4.69) is 19.9 Å². The lowest BCUT2D eigenvalue weighted by atomic mass is 10.2. The van der Waals surface area contributed by atoms with Crippen LogP contribution in [0.1, 0.15) is 16.2 Å². The third kappa shape index (κ3) is 3.22. The third-order valence-electron chi connectivity index (χ3n) is 5.35. The fraction of sp³-hybridized carbons (Fsp3) is 0.238. The predicted molar refractivity (Wildman–Crippen MR) is 109 cm³/mol. The van der Waals surface area contributed by atoms with E-state index in [1.807, 2.05) is 69.7 Å². The first-order valence-corrected chi connectivity index (χ1v) is 9.62. The number of aromatic nitrogens is 5. The highest BCUT2D eigenvalue weighted by Gasteiger charge is 2.24. The zero-order valence-corrected chi connectivity index (χ0v) is 16.1. The minimum Gasteiger partial charge on any atom is -0.353 e. The molecule has 5 heterocycles. The molecule has 0 saturated carbocycles. The Labute approximate surface area is 168 Å². The van der Waals surface area contributed by atoms with Gasteiger partial charge in [-0.25, -0.2) is 15.0 Å². The summed E-state index contributed by atoms with van der Waals surface area (Å²) in [5, 5.41) is 0. The number of hydrogen-bond acceptors (Lipinski definition) is 5. The fourth-order valence-corrected chi connectivity index (χ4v) is 3.76. The lowest BCUT2D eigenvalue weighted by Gasteiger charge is -2.35. The van der Waals surface area contributed by atoms with Gasteiger partial charge in [0.15, 0.2) is 0 Å². The molecule has 29 heavy (non-hydrogen) atoms. The lowest BCUT2D eigenvalue weighted by molar-refractivity contribution is 0.0746. The number of hydrogen-bond donors (Lipinski definition) is 0. The van der Waals surface area contributed by atoms with Crippen molar-refractivity contribution in [1.82, 2.24) is 28.8 Å². The first-order chi connectivity index (χ1) is 14.2. The zero-order valence-electron chi connectivity index (χ0n) is 16.1. The molecule has 1 saturated heterocycles. The molecule has 4 aromatic rings. The van der Waals surface area contributed by atoms with Crippen LogP contribution in [0.3, 0.4) is 0 Å². The van der Waals surface area contributed by atoms with Crippen molar-refractivity contribution in [2.75, 3.05) is 31.1 Å². The van der Waals surface area contributed by atoms with Crippen LogP contribution in [0.2, 0.25) is 0 Å². The maximum atomic E-state index is 12.9. The molecular formula is C21H21N7O. The Balaban J connectivity index is 1.29. The van der Waals surface area contributed by atoms with E-state index in [0.717, 1.165) is 41.6 Å². The molecule has 0 radical (unpaired) electrons. The number of anilines is 1. The number of aryl methyl sites for hydroxylation is 1. The van der Waals surface area contributed by atoms with Crippen molar-refractivity contribution in [3.63, 3.8) is 0 Å². The normalized spacial score (nSPS) is 14.5. The van der Waals surface area contributed by atoms with E-state index in [0.29, 0.717) is 13.1 Å². The fourth-order valence-electron chi connectivity index (χ4n) is 3.76. The minimum atomic E-state index is 0.0748. The summed E-state index contributed by atoms with van der Waals surface area (Å²) >= 11 is 0. The molecule has 0 bridgehead atoms. The first kappa shape index (κ1) is 17.4. The molecule has 1 aliphatic heterocycles. The van der Waals surface area contributed by atoms with Crippen LogP contribution in [0.5, 0.6) is 0 Å². The Morgan fingerprint density at radius 2 is 1.79 bits per heavy atom. The molecule has 0 atom stereocenters. The first-order valence-electron chi connectivity index (χ1n) is 9.62. The summed E-state index contributed by atoms with van der Waals surface area (Å²) in [6.45, 7) is 4.73. The van der Waals surface area contributed by atoms with E-state index in [1.165, 1.54) is 0 Å². The molecule has 1 aliphatic rings. The highest BCUT2D eigenvalue weighted by molar-refractivity contribution is 5.95. The number of nitrogens with zero attached hydrogens (tertiary/aromatic N) is 7. The number of rotatable bonds is 3. The summed E-state index contributed by atoms with van der Waals surface area (Å²) < 4.78 is 3.91. The molecule has 0 unspecified atom stereocenters. The largest absolute Gasteiger partial charge is 0.353 e. The number of amides is 1. The van der Waals surface area contributed by atoms with Crippen LogP contribution in [0.25, 0.3) is 11.3 Å². The van der Waals surface area contributed by atoms with Crippen LogP contribution in [-0.2, 0) is 0 Å². The van der Waals surface area contributed by atoms with Crippen molar-refractivity contribution < 1.29 is 4.79 Å². The van der Waals surface area contributed by atoms with Gasteiger partial charge in [-0.15, -0.1) is 0 Å². The molecule has 1 amide bonds. The standard InChI is InChI=1S/C21H21N7O/c1-16-22-5-7-28(16)20-13-19(23-15-24-20)25-8-10-26(11-9-25)21(29)17-12-18-4-2-3-6-27(18)14-17/h2-7,12-15H,8-11H2,1H3. The number of fused-ring (bicyclic) bond motifs is 1. The lowest BCUT2D eigenvalue weighted by Crippen LogP contribution is -2.49. The Morgan fingerprint density at radius 1 is 0.966 bits per heavy atom. The number of carbonyl (C=O) groups excluding carboxylic acids is 1. The molecule has 4 aromatic heterocycles. The Bertz CT molecular complexity index is 1140. The van der Waals surface area contributed by atoms with Crippen LogP contribution < -0.4 is 4.90 Å². The summed E-state index contributed by atoms with van der Waals surface area (Å²) in [6.07, 6.45) is 9.08. The van der Waals surface area contributed by atoms with Gasteiger partial charge in [-0.2, -0.15) is 0 Å². The maximum Gasteiger partial charge on any atom is 0.255 e. The molecule has 8 nitrogen and oxygen atoms in total. The highest BCUT2D eigenvalue weighted by atomic mass is 16.2. The second-order valence-electron chi connectivity index (χ2n) is 7.12. The van der Waals surface area contributed by atoms with Crippen molar-refractivity contribution in [2.24, 2.45) is 0 Å². The maximum absolute atomic E-state index is 12.9. The summed E-state index contributed by atoms with van der Waals surface area (Å²) in [6, 6.07) is 9.85. The average molecular weight is 387 g/mol. The number of imidazole rings is 1. The van der Waals surface area contributed by atoms with Crippen molar-refractivity contribution in [3.8, 4) is 5.82 Å². The molecule has 0 aliphatic carbocycles. The zero-order chi connectivity index (χ0) is 19.8. The van der Waals surface area contributed by atoms with Gasteiger partial charge in [0.25, 0.3) is 5.91 Å². The summed E-state index contributed by atoms with van der Waals surface area (Å²) in [4.78, 5) is 30.1. The number of carbonyl (C=O) groups is 1. The topological polar surface area (TPSA) is 71.6 Å². The van der Waals surface area contributed by atoms with Crippen molar-refractivity contribution >= 4 is 17.2 Å². The van der Waals surface area contributed by atoms with E-state index in [9.17, 15) is 4.79 Å². The van der Waals surface area contributed by atoms with Gasteiger partial charge in [0, 0.05) is 62.5 Å². The molecule has 0 spiro atoms. The van der Waals surface area contributed by atoms with Crippen LogP contribution in [-0.4, -0.2) is 60.9 Å². The van der Waals surface area contributed by atoms with Gasteiger partial charge in [-0.3, -0.25) is 9.36 Å². The van der Waals surface area contributed by atoms with Gasteiger partial charge in [-0.05, 0) is 25.1 Å². The van der Waals surface area contributed by atoms with Crippen LogP contribution in [0, 0.1) is 6.92 Å². The van der Waals surface area contributed by atoms with Gasteiger partial charge < -0.3 is 14.2 Å². The Kier molecular flexibility index (Phi) is 4.23. The molecule has 0 aromatic carbocycles. The van der Waals surface area contributed by atoms with E-state index in [-0.39, 0.29) is 5.91 Å². The Hall–Kier alpha value is -3.68. The van der Waals surface area contributed by atoms with Gasteiger partial charge in [0.1, 0.15) is 23.8 Å².